The first-order valence-corrected chi connectivity index (χ1v) is 14.4. The predicted octanol–water partition coefficient (Wildman–Crippen LogP) is 4.24. The average Bonchev–Trinajstić information content (AvgIpc) is 3.30. The Morgan fingerprint density at radius 2 is 2.03 bits per heavy atom. The third kappa shape index (κ3) is 6.36. The topological polar surface area (TPSA) is 126 Å². The molecule has 4 rings (SSSR count). The molecule has 36 heavy (non-hydrogen) atoms. The van der Waals surface area contributed by atoms with E-state index in [1.807, 2.05) is 0 Å². The zero-order chi connectivity index (χ0) is 25.7. The summed E-state index contributed by atoms with van der Waals surface area (Å²) in [5.41, 5.74) is 1.03. The zero-order valence-electron chi connectivity index (χ0n) is 20.2. The summed E-state index contributed by atoms with van der Waals surface area (Å²) in [6.07, 6.45) is 3.06. The van der Waals surface area contributed by atoms with Crippen molar-refractivity contribution in [3.8, 4) is 21.8 Å². The van der Waals surface area contributed by atoms with Crippen molar-refractivity contribution in [3.05, 3.63) is 41.3 Å². The summed E-state index contributed by atoms with van der Waals surface area (Å²) in [6.45, 7) is 4.96. The van der Waals surface area contributed by atoms with Gasteiger partial charge in [0.1, 0.15) is 0 Å². The molecular formula is C24H30FN5O4S2. The summed E-state index contributed by atoms with van der Waals surface area (Å²) in [5.74, 6) is -0.277. The second kappa shape index (κ2) is 11.6. The fourth-order valence-corrected chi connectivity index (χ4v) is 6.25. The van der Waals surface area contributed by atoms with Gasteiger partial charge in [-0.3, -0.25) is 4.72 Å². The van der Waals surface area contributed by atoms with E-state index in [1.54, 1.807) is 38.2 Å². The molecule has 1 saturated heterocycles. The van der Waals surface area contributed by atoms with Crippen molar-refractivity contribution in [2.45, 2.75) is 45.1 Å². The molecule has 1 unspecified atom stereocenters. The van der Waals surface area contributed by atoms with Gasteiger partial charge in [-0.15, -0.1) is 11.3 Å². The Labute approximate surface area is 214 Å². The maximum atomic E-state index is 15.7. The number of aliphatic hydroxyl groups is 1. The molecule has 12 heteroatoms. The maximum Gasteiger partial charge on any atom is 0.232 e. The number of ether oxygens (including phenoxy) is 1. The van der Waals surface area contributed by atoms with Crippen molar-refractivity contribution in [2.24, 2.45) is 0 Å². The lowest BCUT2D eigenvalue weighted by molar-refractivity contribution is 0.0853. The standard InChI is InChI=1S/C24H30FN5O4S2/c1-3-13-36(32,33)30-18-6-4-5-17(20(18)25)21-22(35-23(29-21)16-8-11-34-12-9-16)19-7-10-26-24(28-19)27-14-15(2)31/h4-7,10,15-16,30-31H,3,8-9,11-14H2,1-2H3,(H,26,27,28). The summed E-state index contributed by atoms with van der Waals surface area (Å²) in [6, 6.07) is 6.33. The minimum Gasteiger partial charge on any atom is -0.392 e. The first kappa shape index (κ1) is 26.4. The molecule has 0 bridgehead atoms. The third-order valence-electron chi connectivity index (χ3n) is 5.65. The normalized spacial score (nSPS) is 15.6. The third-order valence-corrected chi connectivity index (χ3v) is 8.37. The second-order valence-corrected chi connectivity index (χ2v) is 11.6. The van der Waals surface area contributed by atoms with Gasteiger partial charge in [0.05, 0.1) is 38.8 Å². The number of halogens is 1. The predicted molar refractivity (Wildman–Crippen MR) is 139 cm³/mol. The van der Waals surface area contributed by atoms with Crippen LogP contribution < -0.4 is 10.0 Å². The van der Waals surface area contributed by atoms with Crippen LogP contribution in [0, 0.1) is 5.82 Å². The van der Waals surface area contributed by atoms with E-state index in [9.17, 15) is 13.5 Å². The summed E-state index contributed by atoms with van der Waals surface area (Å²) in [4.78, 5) is 14.3. The van der Waals surface area contributed by atoms with Crippen LogP contribution in [0.5, 0.6) is 0 Å². The van der Waals surface area contributed by atoms with Gasteiger partial charge in [-0.25, -0.2) is 27.8 Å². The van der Waals surface area contributed by atoms with E-state index in [-0.39, 0.29) is 29.5 Å². The highest BCUT2D eigenvalue weighted by Gasteiger charge is 2.26. The Balaban J connectivity index is 1.78. The first-order chi connectivity index (χ1) is 17.3. The molecule has 0 radical (unpaired) electrons. The molecule has 2 aromatic heterocycles. The monoisotopic (exact) mass is 535 g/mol. The van der Waals surface area contributed by atoms with Crippen LogP contribution in [0.2, 0.25) is 0 Å². The van der Waals surface area contributed by atoms with Crippen LogP contribution in [-0.2, 0) is 14.8 Å². The number of aromatic nitrogens is 3. The number of nitrogens with zero attached hydrogens (tertiary/aromatic N) is 3. The van der Waals surface area contributed by atoms with Crippen molar-refractivity contribution in [3.63, 3.8) is 0 Å². The van der Waals surface area contributed by atoms with E-state index in [4.69, 9.17) is 9.72 Å². The number of thiazole rings is 1. The van der Waals surface area contributed by atoms with Gasteiger partial charge >= 0.3 is 0 Å². The second-order valence-electron chi connectivity index (χ2n) is 8.70. The Morgan fingerprint density at radius 3 is 2.75 bits per heavy atom. The summed E-state index contributed by atoms with van der Waals surface area (Å²) in [5, 5.41) is 13.4. The first-order valence-electron chi connectivity index (χ1n) is 11.9. The van der Waals surface area contributed by atoms with Crippen LogP contribution in [0.1, 0.15) is 44.0 Å². The summed E-state index contributed by atoms with van der Waals surface area (Å²) in [7, 11) is -3.67. The fourth-order valence-electron chi connectivity index (χ4n) is 3.90. The van der Waals surface area contributed by atoms with E-state index in [1.165, 1.54) is 17.4 Å². The highest BCUT2D eigenvalue weighted by Crippen LogP contribution is 2.42. The fraction of sp³-hybridized carbons (Fsp3) is 0.458. The van der Waals surface area contributed by atoms with E-state index >= 15 is 4.39 Å². The van der Waals surface area contributed by atoms with Crippen molar-refractivity contribution < 1.29 is 22.7 Å². The highest BCUT2D eigenvalue weighted by atomic mass is 32.2. The van der Waals surface area contributed by atoms with Gasteiger partial charge < -0.3 is 15.2 Å². The van der Waals surface area contributed by atoms with Gasteiger partial charge in [0.25, 0.3) is 0 Å². The van der Waals surface area contributed by atoms with Crippen LogP contribution in [0.3, 0.4) is 0 Å². The minimum atomic E-state index is -3.67. The maximum absolute atomic E-state index is 15.7. The van der Waals surface area contributed by atoms with Crippen LogP contribution in [0.4, 0.5) is 16.0 Å². The van der Waals surface area contributed by atoms with Crippen LogP contribution >= 0.6 is 11.3 Å². The van der Waals surface area contributed by atoms with Crippen molar-refractivity contribution in [2.75, 3.05) is 35.6 Å². The number of nitrogens with one attached hydrogen (secondary N) is 2. The SMILES string of the molecule is CCCS(=O)(=O)Nc1cccc(-c2nc(C3CCOCC3)sc2-c2ccnc(NCC(C)O)n2)c1F. The lowest BCUT2D eigenvalue weighted by Crippen LogP contribution is -2.17. The van der Waals surface area contributed by atoms with Crippen molar-refractivity contribution in [1.29, 1.82) is 0 Å². The highest BCUT2D eigenvalue weighted by molar-refractivity contribution is 7.92. The minimum absolute atomic E-state index is 0.102. The molecule has 0 amide bonds. The van der Waals surface area contributed by atoms with Gasteiger partial charge in [0, 0.05) is 37.4 Å². The van der Waals surface area contributed by atoms with Crippen molar-refractivity contribution in [1.82, 2.24) is 15.0 Å². The molecular weight excluding hydrogens is 505 g/mol. The van der Waals surface area contributed by atoms with E-state index in [0.29, 0.717) is 41.8 Å². The van der Waals surface area contributed by atoms with Crippen LogP contribution in [-0.4, -0.2) is 60.1 Å². The Kier molecular flexibility index (Phi) is 8.50. The molecule has 1 aromatic carbocycles. The molecule has 1 aliphatic heterocycles. The lowest BCUT2D eigenvalue weighted by Gasteiger charge is -2.19. The lowest BCUT2D eigenvalue weighted by atomic mass is 10.0. The molecule has 3 aromatic rings. The van der Waals surface area contributed by atoms with E-state index < -0.39 is 21.9 Å². The molecule has 1 aliphatic rings. The van der Waals surface area contributed by atoms with E-state index in [0.717, 1.165) is 17.8 Å². The van der Waals surface area contributed by atoms with Crippen LogP contribution in [0.25, 0.3) is 21.8 Å². The van der Waals surface area contributed by atoms with Gasteiger partial charge in [0.2, 0.25) is 16.0 Å². The molecule has 1 atom stereocenters. The van der Waals surface area contributed by atoms with Gasteiger partial charge in [-0.2, -0.15) is 0 Å². The van der Waals surface area contributed by atoms with Gasteiger partial charge in [-0.05, 0) is 44.4 Å². The molecule has 0 saturated carbocycles. The smallest absolute Gasteiger partial charge is 0.232 e. The Bertz CT molecular complexity index is 1290. The van der Waals surface area contributed by atoms with Crippen molar-refractivity contribution >= 4 is 33.0 Å². The van der Waals surface area contributed by atoms with Crippen LogP contribution in [0.15, 0.2) is 30.5 Å². The molecule has 0 spiro atoms. The van der Waals surface area contributed by atoms with E-state index in [2.05, 4.69) is 20.0 Å². The Morgan fingerprint density at radius 1 is 1.25 bits per heavy atom. The van der Waals surface area contributed by atoms with Gasteiger partial charge in [-0.1, -0.05) is 13.0 Å². The quantitative estimate of drug-likeness (QED) is 0.352. The summed E-state index contributed by atoms with van der Waals surface area (Å²) >= 11 is 1.44. The molecule has 0 aliphatic carbocycles. The number of benzene rings is 1. The number of sulfonamides is 1. The largest absolute Gasteiger partial charge is 0.392 e. The van der Waals surface area contributed by atoms with Gasteiger partial charge in [0.15, 0.2) is 5.82 Å². The number of aliphatic hydroxyl groups excluding tert-OH is 1. The molecule has 3 heterocycles. The number of hydrogen-bond acceptors (Lipinski definition) is 9. The molecule has 9 nitrogen and oxygen atoms in total. The molecule has 194 valence electrons. The Hall–Kier alpha value is -2.67. The number of anilines is 2. The molecule has 3 N–H and O–H groups in total. The zero-order valence-corrected chi connectivity index (χ0v) is 21.8. The number of hydrogen-bond donors (Lipinski definition) is 3. The average molecular weight is 536 g/mol. The summed E-state index contributed by atoms with van der Waals surface area (Å²) < 4.78 is 48.2. The number of rotatable bonds is 10. The molecule has 1 fully saturated rings.